The van der Waals surface area contributed by atoms with Crippen LogP contribution in [0.15, 0.2) is 132 Å². The lowest BCUT2D eigenvalue weighted by Gasteiger charge is -2.44. The van der Waals surface area contributed by atoms with Gasteiger partial charge in [-0.3, -0.25) is 19.2 Å². The number of cyclic esters (lactones) is 2. The molecule has 3 N–H and O–H groups in total. The van der Waals surface area contributed by atoms with Crippen molar-refractivity contribution in [3.63, 3.8) is 0 Å². The molecule has 38 atom stereocenters. The van der Waals surface area contributed by atoms with Crippen LogP contribution in [-0.2, 0) is 95.0 Å². The van der Waals surface area contributed by atoms with Gasteiger partial charge in [0, 0.05) is 96.2 Å². The van der Waals surface area contributed by atoms with Crippen molar-refractivity contribution in [2.75, 3.05) is 75.7 Å². The van der Waals surface area contributed by atoms with Crippen LogP contribution in [0.2, 0.25) is 0 Å². The molecule has 135 heavy (non-hydrogen) atoms. The zero-order valence-electron chi connectivity index (χ0n) is 81.7. The summed E-state index contributed by atoms with van der Waals surface area (Å²) < 4.78 is 101. The third-order valence-electron chi connectivity index (χ3n) is 33.2. The van der Waals surface area contributed by atoms with E-state index in [9.17, 15) is 14.4 Å². The summed E-state index contributed by atoms with van der Waals surface area (Å²) in [6.07, 6.45) is 12.4. The van der Waals surface area contributed by atoms with E-state index in [4.69, 9.17) is 85.8 Å². The van der Waals surface area contributed by atoms with Crippen LogP contribution in [-0.4, -0.2) is 280 Å². The molecule has 746 valence electrons. The first-order chi connectivity index (χ1) is 64.2. The van der Waals surface area contributed by atoms with Gasteiger partial charge in [0.1, 0.15) is 48.8 Å². The monoisotopic (exact) mass is 1880 g/mol. The summed E-state index contributed by atoms with van der Waals surface area (Å²) in [5, 5.41) is 21.7. The number of fused-ring (bicyclic) bond motifs is 16. The highest BCUT2D eigenvalue weighted by Gasteiger charge is 2.70. The molecule has 4 saturated carbocycles. The Balaban J connectivity index is 0.000000187. The van der Waals surface area contributed by atoms with E-state index in [2.05, 4.69) is 137 Å². The largest absolute Gasteiger partial charge is 0.488 e. The van der Waals surface area contributed by atoms with Crippen molar-refractivity contribution < 1.29 is 105 Å². The average Bonchev–Trinajstić information content (AvgIpc) is 1.50. The molecule has 0 radical (unpaired) electrons. The molecule has 27 heteroatoms. The van der Waals surface area contributed by atoms with Crippen molar-refractivity contribution in [2.24, 2.45) is 71.0 Å². The minimum Gasteiger partial charge on any atom is -0.462 e. The lowest BCUT2D eigenvalue weighted by molar-refractivity contribution is -0.314. The molecule has 8 heterocycles. The van der Waals surface area contributed by atoms with Crippen LogP contribution in [0, 0.1) is 71.0 Å². The fraction of sp³-hybridized carbons (Fsp3) is 0.704. The number of benzene rings is 4. The molecule has 0 bridgehead atoms. The number of hydrogen-bond acceptors (Lipinski definition) is 26. The van der Waals surface area contributed by atoms with Crippen LogP contribution in [0.25, 0.3) is 22.3 Å². The average molecular weight is 1880 g/mol. The minimum atomic E-state index is -1.39. The molecule has 18 rings (SSSR count). The lowest BCUT2D eigenvalue weighted by Crippen LogP contribution is -2.59. The highest BCUT2D eigenvalue weighted by molar-refractivity contribution is 6.58. The molecule has 8 aliphatic heterocycles. The van der Waals surface area contributed by atoms with Gasteiger partial charge in [0.05, 0.1) is 73.8 Å². The fourth-order valence-electron chi connectivity index (χ4n) is 26.4. The molecule has 12 fully saturated rings. The maximum Gasteiger partial charge on any atom is 0.488 e. The van der Waals surface area contributed by atoms with Gasteiger partial charge in [0.2, 0.25) is 0 Å². The number of anilines is 1. The van der Waals surface area contributed by atoms with E-state index in [1.807, 2.05) is 76.2 Å². The molecule has 6 unspecified atom stereocenters. The third-order valence-corrected chi connectivity index (χ3v) is 33.2. The van der Waals surface area contributed by atoms with E-state index in [0.717, 1.165) is 112 Å². The Bertz CT molecular complexity index is 4550. The van der Waals surface area contributed by atoms with E-state index in [-0.39, 0.29) is 215 Å². The van der Waals surface area contributed by atoms with Crippen molar-refractivity contribution in [1.29, 1.82) is 0 Å². The summed E-state index contributed by atoms with van der Waals surface area (Å²) in [5.41, 5.74) is 7.80. The highest BCUT2D eigenvalue weighted by atomic mass is 16.7. The number of ketones is 2. The van der Waals surface area contributed by atoms with E-state index in [0.29, 0.717) is 54.2 Å². The second-order valence-electron chi connectivity index (χ2n) is 41.1. The summed E-state index contributed by atoms with van der Waals surface area (Å²) >= 11 is 0. The number of methoxy groups -OCH3 is 6. The number of nitrogens with zero attached hydrogens (tertiary/aromatic N) is 3. The number of rotatable bonds is 22. The number of carbonyl (C=O) groups excluding carboxylic acids is 4. The molecule has 8 saturated heterocycles. The first kappa shape index (κ1) is 105. The first-order valence-electron chi connectivity index (χ1n) is 50.0. The molecule has 4 aromatic carbocycles. The van der Waals surface area contributed by atoms with Gasteiger partial charge in [-0.05, 0) is 257 Å². The Morgan fingerprint density at radius 3 is 1.24 bits per heavy atom. The number of hydrogen-bond donors (Lipinski definition) is 3. The SMILES string of the molecule is C.C.CC[C@H]1CCC[C@H](O[C@H]2CC[C@H](N(C)C)C(C)O2)[C@@H](C)C(=O)C2=C[C@H]3[C@@H]4C[C@H](O[C@@H]5OC(C)[C@H](OC)[C@@H](OC)C5OC)C[C@H]4[C@@H]4[C@H]([C@H]3[C@@H]2CC(=O)O1)N4c1ccc(-c2ccccc2)cc1.CC[C@H]1CCC[C@H](O[C@H]2CC[C@H](N(C)C)C(C)O2)[C@@H](C)C(=O)C2=C[C@H]3[C@@H]4C[C@H](O[C@@H]5OC(C)[C@H](OC)[C@@H](OC)C5OC)C[C@H]4[C@H]4N[C@H]4[C@H]3[C@@H]2CC(=O)O1.OB(O)c1ccc(-c2ccccc2)cc1. The number of ether oxygens (including phenoxy) is 16. The van der Waals surface area contributed by atoms with Crippen molar-refractivity contribution in [3.05, 3.63) is 132 Å². The summed E-state index contributed by atoms with van der Waals surface area (Å²) in [6, 6.07) is 38.2. The predicted molar refractivity (Wildman–Crippen MR) is 518 cm³/mol. The van der Waals surface area contributed by atoms with Crippen LogP contribution in [0.5, 0.6) is 0 Å². The molecule has 4 aromatic rings. The molecule has 0 amide bonds. The number of nitrogens with one attached hydrogen (secondary N) is 1. The third kappa shape index (κ3) is 22.5. The lowest BCUT2D eigenvalue weighted by atomic mass is 9.66. The quantitative estimate of drug-likeness (QED) is 0.0374. The summed E-state index contributed by atoms with van der Waals surface area (Å²) in [7, 11) is 17.0. The van der Waals surface area contributed by atoms with Gasteiger partial charge < -0.3 is 106 Å². The first-order valence-corrected chi connectivity index (χ1v) is 50.0. The highest BCUT2D eigenvalue weighted by Crippen LogP contribution is 2.66. The van der Waals surface area contributed by atoms with E-state index >= 15 is 4.79 Å². The van der Waals surface area contributed by atoms with E-state index in [1.54, 1.807) is 54.8 Å². The smallest absolute Gasteiger partial charge is 0.462 e. The Labute approximate surface area is 804 Å². The van der Waals surface area contributed by atoms with E-state index in [1.165, 1.54) is 16.8 Å². The van der Waals surface area contributed by atoms with Gasteiger partial charge >= 0.3 is 19.1 Å². The van der Waals surface area contributed by atoms with Gasteiger partial charge in [-0.1, -0.05) is 152 Å². The Kier molecular flexibility index (Phi) is 35.8. The van der Waals surface area contributed by atoms with Gasteiger partial charge in [0.25, 0.3) is 0 Å². The van der Waals surface area contributed by atoms with Crippen molar-refractivity contribution >= 4 is 41.8 Å². The molecular weight excluding hydrogens is 1720 g/mol. The predicted octanol–water partition coefficient (Wildman–Crippen LogP) is 14.4. The Morgan fingerprint density at radius 1 is 0.430 bits per heavy atom. The number of esters is 2. The molecule has 0 aromatic heterocycles. The number of likely N-dealkylation sites (N-methyl/N-ethyl adjacent to an activating group) is 2. The summed E-state index contributed by atoms with van der Waals surface area (Å²) in [6.45, 7) is 16.5. The molecule has 26 nitrogen and oxygen atoms in total. The van der Waals surface area contributed by atoms with Gasteiger partial charge in [-0.25, -0.2) is 0 Å². The Morgan fingerprint density at radius 2 is 0.830 bits per heavy atom. The van der Waals surface area contributed by atoms with Gasteiger partial charge in [-0.2, -0.15) is 0 Å². The van der Waals surface area contributed by atoms with Crippen LogP contribution in [0.3, 0.4) is 0 Å². The van der Waals surface area contributed by atoms with Gasteiger partial charge in [0.15, 0.2) is 36.7 Å². The second-order valence-corrected chi connectivity index (χ2v) is 41.1. The molecule has 0 spiro atoms. The Hall–Kier alpha value is -6.26. The number of Topliss-reactive ketones (excluding diaryl/α,β-unsaturated/α-hetero) is 2. The minimum absolute atomic E-state index is 0. The van der Waals surface area contributed by atoms with Crippen molar-refractivity contribution in [2.45, 2.75) is 345 Å². The number of allylic oxidation sites excluding steroid dienone is 4. The maximum absolute atomic E-state index is 15.3. The molecule has 14 aliphatic rings. The number of carbonyl (C=O) groups is 4. The fourth-order valence-corrected chi connectivity index (χ4v) is 26.4. The van der Waals surface area contributed by atoms with Crippen LogP contribution in [0.4, 0.5) is 5.69 Å². The van der Waals surface area contributed by atoms with E-state index < -0.39 is 37.8 Å². The van der Waals surface area contributed by atoms with Crippen LogP contribution in [0.1, 0.15) is 186 Å². The van der Waals surface area contributed by atoms with Crippen LogP contribution >= 0.6 is 0 Å². The molecule has 6 aliphatic carbocycles. The maximum atomic E-state index is 15.3. The summed E-state index contributed by atoms with van der Waals surface area (Å²) in [5.74, 6) is 0.308. The second kappa shape index (κ2) is 46.2. The van der Waals surface area contributed by atoms with Gasteiger partial charge in [-0.15, -0.1) is 0 Å². The van der Waals surface area contributed by atoms with Crippen molar-refractivity contribution in [3.8, 4) is 22.3 Å². The summed E-state index contributed by atoms with van der Waals surface area (Å²) in [4.78, 5) is 64.9. The molecular formula is C108H159BN4O22. The zero-order chi connectivity index (χ0) is 94.1. The van der Waals surface area contributed by atoms with Crippen LogP contribution < -0.4 is 15.7 Å². The van der Waals surface area contributed by atoms with Crippen molar-refractivity contribution in [1.82, 2.24) is 15.1 Å². The topological polar surface area (TPSA) is 288 Å². The standard InChI is InChI=1S/C53H74N2O10.C41H66N2O10.C12H11BO2.2CH4/c1-10-35-17-14-18-43(65-45-24-23-42(54(5)6)30(3)61-45)29(2)49(57)41-27-38-37-25-36(64-53-52(60-9)51(59-8)50(58-7)31(4)62-53)26-40(37)47-48(46(38)39(41)28-44(56)63-35)55(47)34-21-19-33(20-22-34)32-15-12-11-13-16-32;1-10-23-12-11-13-31(53-33-15-14-30(43(5)6)21(3)49-33)20(2)37(45)29-18-26-25-16-24(52-41-40(48-9)39(47-8)38(46-7)22(4)50-41)17-28(25)35-36(42-35)34(26)27(29)19-32(44)51-23;14-13(15)12-8-6-11(7-9-12)10-4-2-1-3-5-10;;/h11-13,15-16,19-22,27,29-31,35-40,42-43,45-48,50-53H,10,14,17-18,23-26,28H2,1-9H3;18,20-28,30-31,33-36,38-42H,10-17,19H2,1-9H3;1-9,14-15H;2*1H4/t29-,30?,31?,35+,36+,37+,38+,39-,40-,42+,43+,45+,46-,47-,48+,50+,51-,52?,53+,55?;20-,21?,22?,23+,24+,25+,26+,27-,28-,30+,31+,33+,34-,35-,36+,38+,39-,40?,41+;;;/m11.../s1. The zero-order valence-corrected chi connectivity index (χ0v) is 81.7. The normalized spacial score (nSPS) is 40.4.